The van der Waals surface area contributed by atoms with E-state index in [4.69, 9.17) is 0 Å². The summed E-state index contributed by atoms with van der Waals surface area (Å²) < 4.78 is 5.52. The standard InChI is InChI=1S/C25H19N7OS/c1-30-23(33)19-14-8-9-15-20(19)32-21(26-28-24(30)32)16-34-25-29-27-22(17-10-4-2-5-11-17)31(25)18-12-6-3-7-13-18/h2-15H,16H2,1H3. The van der Waals surface area contributed by atoms with Gasteiger partial charge in [0.15, 0.2) is 11.0 Å². The Morgan fingerprint density at radius 2 is 1.50 bits per heavy atom. The van der Waals surface area contributed by atoms with Crippen molar-refractivity contribution in [3.05, 3.63) is 101 Å². The SMILES string of the molecule is Cn1c(=O)c2ccccc2n2c(CSc3nnc(-c4ccccc4)n3-c3ccccc3)nnc12. The summed E-state index contributed by atoms with van der Waals surface area (Å²) in [5.74, 6) is 2.51. The summed E-state index contributed by atoms with van der Waals surface area (Å²) in [6, 6.07) is 27.6. The van der Waals surface area contributed by atoms with E-state index in [9.17, 15) is 4.79 Å². The highest BCUT2D eigenvalue weighted by atomic mass is 32.2. The second-order valence-corrected chi connectivity index (χ2v) is 8.71. The fourth-order valence-electron chi connectivity index (χ4n) is 4.06. The Labute approximate surface area is 198 Å². The molecule has 0 radical (unpaired) electrons. The van der Waals surface area contributed by atoms with Crippen LogP contribution in [0, 0.1) is 0 Å². The molecule has 0 unspecified atom stereocenters. The third-order valence-corrected chi connectivity index (χ3v) is 6.63. The van der Waals surface area contributed by atoms with Gasteiger partial charge in [0.25, 0.3) is 5.56 Å². The molecule has 6 rings (SSSR count). The molecule has 0 spiro atoms. The van der Waals surface area contributed by atoms with E-state index in [1.54, 1.807) is 7.05 Å². The van der Waals surface area contributed by atoms with Crippen molar-refractivity contribution >= 4 is 28.4 Å². The number of hydrogen-bond donors (Lipinski definition) is 0. The van der Waals surface area contributed by atoms with Crippen LogP contribution >= 0.6 is 11.8 Å². The summed E-state index contributed by atoms with van der Waals surface area (Å²) in [6.45, 7) is 0. The summed E-state index contributed by atoms with van der Waals surface area (Å²) in [4.78, 5) is 12.7. The molecule has 3 aromatic heterocycles. The minimum Gasteiger partial charge on any atom is -0.279 e. The molecule has 0 aliphatic heterocycles. The average Bonchev–Trinajstić information content (AvgIpc) is 3.52. The monoisotopic (exact) mass is 465 g/mol. The number of rotatable bonds is 5. The molecule has 0 saturated carbocycles. The Kier molecular flexibility index (Phi) is 4.96. The lowest BCUT2D eigenvalue weighted by molar-refractivity contribution is 0.857. The maximum absolute atomic E-state index is 12.7. The molecule has 0 aliphatic rings. The first-order valence-corrected chi connectivity index (χ1v) is 11.7. The number of benzene rings is 3. The van der Waals surface area contributed by atoms with Crippen LogP contribution < -0.4 is 5.56 Å². The van der Waals surface area contributed by atoms with Crippen LogP contribution in [0.2, 0.25) is 0 Å². The molecule has 6 aromatic rings. The summed E-state index contributed by atoms with van der Waals surface area (Å²) in [5.41, 5.74) is 2.66. The van der Waals surface area contributed by atoms with E-state index < -0.39 is 0 Å². The maximum Gasteiger partial charge on any atom is 0.262 e. The van der Waals surface area contributed by atoms with Gasteiger partial charge in [-0.15, -0.1) is 20.4 Å². The highest BCUT2D eigenvalue weighted by molar-refractivity contribution is 7.98. The molecule has 0 saturated heterocycles. The molecule has 8 nitrogen and oxygen atoms in total. The van der Waals surface area contributed by atoms with Crippen LogP contribution in [0.3, 0.4) is 0 Å². The van der Waals surface area contributed by atoms with E-state index >= 15 is 0 Å². The largest absolute Gasteiger partial charge is 0.279 e. The van der Waals surface area contributed by atoms with Gasteiger partial charge < -0.3 is 0 Å². The van der Waals surface area contributed by atoms with Gasteiger partial charge in [-0.25, -0.2) is 0 Å². The first-order valence-electron chi connectivity index (χ1n) is 10.7. The van der Waals surface area contributed by atoms with E-state index in [1.807, 2.05) is 89.3 Å². The molecule has 0 amide bonds. The number of para-hydroxylation sites is 2. The maximum atomic E-state index is 12.7. The van der Waals surface area contributed by atoms with Gasteiger partial charge in [-0.05, 0) is 24.3 Å². The van der Waals surface area contributed by atoms with E-state index in [2.05, 4.69) is 25.0 Å². The average molecular weight is 466 g/mol. The van der Waals surface area contributed by atoms with Gasteiger partial charge in [-0.1, -0.05) is 72.4 Å². The van der Waals surface area contributed by atoms with Crippen LogP contribution in [0.25, 0.3) is 33.8 Å². The number of fused-ring (bicyclic) bond motifs is 3. The van der Waals surface area contributed by atoms with Crippen LogP contribution in [0.4, 0.5) is 0 Å². The number of nitrogens with zero attached hydrogens (tertiary/aromatic N) is 7. The molecule has 9 heteroatoms. The van der Waals surface area contributed by atoms with Crippen molar-refractivity contribution in [2.24, 2.45) is 7.05 Å². The predicted octanol–water partition coefficient (Wildman–Crippen LogP) is 4.12. The van der Waals surface area contributed by atoms with Crippen LogP contribution in [-0.4, -0.2) is 33.9 Å². The summed E-state index contributed by atoms with van der Waals surface area (Å²) >= 11 is 1.53. The van der Waals surface area contributed by atoms with Gasteiger partial charge in [0.05, 0.1) is 16.7 Å². The van der Waals surface area contributed by atoms with Crippen molar-refractivity contribution in [3.63, 3.8) is 0 Å². The van der Waals surface area contributed by atoms with Crippen molar-refractivity contribution in [2.45, 2.75) is 10.9 Å². The molecule has 3 aromatic carbocycles. The first-order chi connectivity index (χ1) is 16.7. The van der Waals surface area contributed by atoms with Crippen molar-refractivity contribution < 1.29 is 0 Å². The Morgan fingerprint density at radius 1 is 0.794 bits per heavy atom. The molecule has 0 N–H and O–H groups in total. The molecular weight excluding hydrogens is 446 g/mol. The van der Waals surface area contributed by atoms with Crippen LogP contribution in [0.15, 0.2) is 94.9 Å². The molecule has 166 valence electrons. The Bertz CT molecular complexity index is 1690. The lowest BCUT2D eigenvalue weighted by Crippen LogP contribution is -2.20. The first kappa shape index (κ1) is 20.4. The zero-order valence-corrected chi connectivity index (χ0v) is 19.1. The normalized spacial score (nSPS) is 11.4. The zero-order valence-electron chi connectivity index (χ0n) is 18.2. The van der Waals surface area contributed by atoms with Gasteiger partial charge in [0.2, 0.25) is 5.78 Å². The minimum atomic E-state index is -0.0916. The van der Waals surface area contributed by atoms with Crippen LogP contribution in [0.1, 0.15) is 5.82 Å². The second kappa shape index (κ2) is 8.27. The van der Waals surface area contributed by atoms with Gasteiger partial charge in [-0.3, -0.25) is 18.3 Å². The summed E-state index contributed by atoms with van der Waals surface area (Å²) in [5, 5.41) is 19.1. The fourth-order valence-corrected chi connectivity index (χ4v) is 4.93. The van der Waals surface area contributed by atoms with E-state index in [1.165, 1.54) is 16.3 Å². The number of aryl methyl sites for hydroxylation is 1. The topological polar surface area (TPSA) is 82.9 Å². The summed E-state index contributed by atoms with van der Waals surface area (Å²) in [7, 11) is 1.72. The smallest absolute Gasteiger partial charge is 0.262 e. The lowest BCUT2D eigenvalue weighted by Gasteiger charge is -2.10. The van der Waals surface area contributed by atoms with Crippen molar-refractivity contribution in [3.8, 4) is 17.1 Å². The van der Waals surface area contributed by atoms with Crippen LogP contribution in [0.5, 0.6) is 0 Å². The van der Waals surface area contributed by atoms with Gasteiger partial charge in [0, 0.05) is 18.3 Å². The number of thioether (sulfide) groups is 1. The summed E-state index contributed by atoms with van der Waals surface area (Å²) in [6.07, 6.45) is 0. The third kappa shape index (κ3) is 3.29. The highest BCUT2D eigenvalue weighted by Gasteiger charge is 2.19. The van der Waals surface area contributed by atoms with Gasteiger partial charge in [-0.2, -0.15) is 0 Å². The van der Waals surface area contributed by atoms with E-state index in [0.29, 0.717) is 16.9 Å². The number of aromatic nitrogens is 7. The van der Waals surface area contributed by atoms with Gasteiger partial charge >= 0.3 is 0 Å². The molecular formula is C25H19N7OS. The molecule has 0 aliphatic carbocycles. The minimum absolute atomic E-state index is 0.0916. The van der Waals surface area contributed by atoms with E-state index in [-0.39, 0.29) is 5.56 Å². The van der Waals surface area contributed by atoms with E-state index in [0.717, 1.165) is 33.6 Å². The van der Waals surface area contributed by atoms with Crippen LogP contribution in [-0.2, 0) is 12.8 Å². The molecule has 0 atom stereocenters. The Morgan fingerprint density at radius 3 is 2.29 bits per heavy atom. The van der Waals surface area contributed by atoms with Crippen molar-refractivity contribution in [1.82, 2.24) is 33.9 Å². The fraction of sp³-hybridized carbons (Fsp3) is 0.0800. The third-order valence-electron chi connectivity index (χ3n) is 5.70. The molecule has 0 fully saturated rings. The van der Waals surface area contributed by atoms with Crippen molar-refractivity contribution in [2.75, 3.05) is 0 Å². The predicted molar refractivity (Wildman–Crippen MR) is 132 cm³/mol. The molecule has 0 bridgehead atoms. The van der Waals surface area contributed by atoms with Gasteiger partial charge in [0.1, 0.15) is 5.82 Å². The Hall–Kier alpha value is -4.24. The number of hydrogen-bond acceptors (Lipinski definition) is 6. The molecule has 3 heterocycles. The highest BCUT2D eigenvalue weighted by Crippen LogP contribution is 2.29. The second-order valence-electron chi connectivity index (χ2n) is 7.76. The molecule has 34 heavy (non-hydrogen) atoms. The Balaban J connectivity index is 1.44. The van der Waals surface area contributed by atoms with Crippen molar-refractivity contribution in [1.29, 1.82) is 0 Å². The zero-order chi connectivity index (χ0) is 23.1. The lowest BCUT2D eigenvalue weighted by atomic mass is 10.2. The quantitative estimate of drug-likeness (QED) is 0.356.